The van der Waals surface area contributed by atoms with E-state index in [1.807, 2.05) is 6.07 Å². The van der Waals surface area contributed by atoms with E-state index >= 15 is 0 Å². The first-order chi connectivity index (χ1) is 13.1. The van der Waals surface area contributed by atoms with Crippen molar-refractivity contribution in [1.29, 1.82) is 5.26 Å². The average molecular weight is 377 g/mol. The van der Waals surface area contributed by atoms with E-state index in [1.165, 1.54) is 18.4 Å². The highest BCUT2D eigenvalue weighted by Crippen LogP contribution is 2.35. The molecule has 2 aromatic carbocycles. The number of fused-ring (bicyclic) bond motifs is 1. The van der Waals surface area contributed by atoms with Crippen molar-refractivity contribution in [3.05, 3.63) is 58.1 Å². The average Bonchev–Trinajstić information content (AvgIpc) is 2.68. The zero-order chi connectivity index (χ0) is 19.0. The van der Waals surface area contributed by atoms with Crippen molar-refractivity contribution in [2.45, 2.75) is 25.7 Å². The predicted molar refractivity (Wildman–Crippen MR) is 109 cm³/mol. The summed E-state index contributed by atoms with van der Waals surface area (Å²) in [6.07, 6.45) is 2.40. The van der Waals surface area contributed by atoms with Crippen molar-refractivity contribution >= 4 is 22.5 Å². The van der Waals surface area contributed by atoms with Gasteiger partial charge in [0.05, 0.1) is 27.9 Å². The van der Waals surface area contributed by atoms with Gasteiger partial charge in [-0.2, -0.15) is 5.26 Å². The molecule has 0 unspecified atom stereocenters. The van der Waals surface area contributed by atoms with Crippen molar-refractivity contribution in [3.8, 4) is 17.3 Å². The predicted octanol–water partition coefficient (Wildman–Crippen LogP) is 4.94. The summed E-state index contributed by atoms with van der Waals surface area (Å²) in [5.41, 5.74) is 5.47. The Morgan fingerprint density at radius 3 is 2.81 bits per heavy atom. The maximum absolute atomic E-state index is 9.05. The summed E-state index contributed by atoms with van der Waals surface area (Å²) in [5, 5.41) is 19.8. The lowest BCUT2D eigenvalue weighted by Crippen LogP contribution is -2.31. The Bertz CT molecular complexity index is 1050. The number of aromatic nitrogens is 2. The smallest absolute Gasteiger partial charge is 0.0992 e. The van der Waals surface area contributed by atoms with Crippen LogP contribution in [0, 0.1) is 18.3 Å². The zero-order valence-corrected chi connectivity index (χ0v) is 16.3. The molecule has 1 atom stereocenters. The van der Waals surface area contributed by atoms with Crippen LogP contribution < -0.4 is 0 Å². The molecule has 3 aromatic rings. The summed E-state index contributed by atoms with van der Waals surface area (Å²) in [4.78, 5) is 2.39. The third-order valence-electron chi connectivity index (χ3n) is 5.49. The molecular weight excluding hydrogens is 356 g/mol. The molecule has 0 aliphatic carbocycles. The third-order valence-corrected chi connectivity index (χ3v) is 5.81. The molecule has 0 bridgehead atoms. The number of nitriles is 1. The standard InChI is InChI=1S/C22H21ClN4/c1-14-17-6-3-7-18(16-5-4-10-27(2)13-16)22(17)26-25-21(14)19-9-8-15(12-24)11-20(19)23/h3,6-9,11,16H,4-5,10,13H2,1-2H3/t16-/m0/s1. The molecule has 1 aliphatic rings. The Morgan fingerprint density at radius 2 is 2.07 bits per heavy atom. The Labute approximate surface area is 164 Å². The Balaban J connectivity index is 1.83. The van der Waals surface area contributed by atoms with Crippen LogP contribution in [0.25, 0.3) is 22.2 Å². The highest BCUT2D eigenvalue weighted by Gasteiger charge is 2.22. The Hall–Kier alpha value is -2.48. The van der Waals surface area contributed by atoms with E-state index in [4.69, 9.17) is 16.9 Å². The van der Waals surface area contributed by atoms with Gasteiger partial charge in [-0.1, -0.05) is 29.8 Å². The van der Waals surface area contributed by atoms with Gasteiger partial charge in [-0.25, -0.2) is 0 Å². The maximum atomic E-state index is 9.05. The molecule has 1 saturated heterocycles. The summed E-state index contributed by atoms with van der Waals surface area (Å²) < 4.78 is 0. The minimum Gasteiger partial charge on any atom is -0.306 e. The number of hydrogen-bond acceptors (Lipinski definition) is 4. The molecule has 136 valence electrons. The molecule has 5 heteroatoms. The molecule has 0 N–H and O–H groups in total. The summed E-state index contributed by atoms with van der Waals surface area (Å²) in [6.45, 7) is 4.29. The molecule has 1 aliphatic heterocycles. The number of likely N-dealkylation sites (tertiary alicyclic amines) is 1. The molecular formula is C22H21ClN4. The molecule has 1 fully saturated rings. The summed E-state index contributed by atoms with van der Waals surface area (Å²) in [6, 6.07) is 13.8. The number of halogens is 1. The Morgan fingerprint density at radius 1 is 1.22 bits per heavy atom. The molecule has 27 heavy (non-hydrogen) atoms. The van der Waals surface area contributed by atoms with Crippen molar-refractivity contribution < 1.29 is 0 Å². The highest BCUT2D eigenvalue weighted by atomic mass is 35.5. The second-order valence-corrected chi connectivity index (χ2v) is 7.73. The van der Waals surface area contributed by atoms with Gasteiger partial charge in [0, 0.05) is 17.5 Å². The normalized spacial score (nSPS) is 17.8. The molecule has 1 aromatic heterocycles. The largest absolute Gasteiger partial charge is 0.306 e. The lowest BCUT2D eigenvalue weighted by atomic mass is 9.88. The number of benzene rings is 2. The van der Waals surface area contributed by atoms with Gasteiger partial charge in [0.15, 0.2) is 0 Å². The molecule has 0 spiro atoms. The fourth-order valence-electron chi connectivity index (χ4n) is 4.06. The third kappa shape index (κ3) is 3.29. The summed E-state index contributed by atoms with van der Waals surface area (Å²) in [7, 11) is 2.18. The lowest BCUT2D eigenvalue weighted by Gasteiger charge is -2.30. The van der Waals surface area contributed by atoms with Crippen LogP contribution in [0.1, 0.15) is 35.4 Å². The van der Waals surface area contributed by atoms with E-state index in [9.17, 15) is 0 Å². The highest BCUT2D eigenvalue weighted by molar-refractivity contribution is 6.33. The second-order valence-electron chi connectivity index (χ2n) is 7.32. The number of hydrogen-bond donors (Lipinski definition) is 0. The van der Waals surface area contributed by atoms with Crippen LogP contribution in [-0.4, -0.2) is 35.2 Å². The number of likely N-dealkylation sites (N-methyl/N-ethyl adjacent to an activating group) is 1. The number of piperidine rings is 1. The van der Waals surface area contributed by atoms with E-state index in [0.29, 0.717) is 16.5 Å². The first kappa shape index (κ1) is 17.9. The number of nitrogens with zero attached hydrogens (tertiary/aromatic N) is 4. The van der Waals surface area contributed by atoms with E-state index in [1.54, 1.807) is 12.1 Å². The molecule has 0 saturated carbocycles. The SMILES string of the molecule is Cc1c(-c2ccc(C#N)cc2Cl)nnc2c([C@H]3CCCN(C)C3)cccc12. The lowest BCUT2D eigenvalue weighted by molar-refractivity contribution is 0.251. The minimum absolute atomic E-state index is 0.491. The van der Waals surface area contributed by atoms with Crippen LogP contribution in [0.15, 0.2) is 36.4 Å². The Kier molecular flexibility index (Phi) is 4.82. The first-order valence-corrected chi connectivity index (χ1v) is 9.60. The fourth-order valence-corrected chi connectivity index (χ4v) is 4.33. The van der Waals surface area contributed by atoms with Crippen LogP contribution in [0.5, 0.6) is 0 Å². The van der Waals surface area contributed by atoms with Crippen molar-refractivity contribution in [1.82, 2.24) is 15.1 Å². The van der Waals surface area contributed by atoms with Crippen molar-refractivity contribution in [2.75, 3.05) is 20.1 Å². The van der Waals surface area contributed by atoms with Gasteiger partial charge in [-0.15, -0.1) is 10.2 Å². The van der Waals surface area contributed by atoms with Gasteiger partial charge in [-0.3, -0.25) is 0 Å². The van der Waals surface area contributed by atoms with Crippen molar-refractivity contribution in [2.24, 2.45) is 0 Å². The van der Waals surface area contributed by atoms with Gasteiger partial charge in [0.25, 0.3) is 0 Å². The van der Waals surface area contributed by atoms with E-state index in [-0.39, 0.29) is 0 Å². The van der Waals surface area contributed by atoms with Gasteiger partial charge >= 0.3 is 0 Å². The van der Waals surface area contributed by atoms with Crippen LogP contribution >= 0.6 is 11.6 Å². The van der Waals surface area contributed by atoms with E-state index in [0.717, 1.165) is 40.8 Å². The summed E-state index contributed by atoms with van der Waals surface area (Å²) >= 11 is 6.41. The van der Waals surface area contributed by atoms with Gasteiger partial charge in [0.1, 0.15) is 0 Å². The van der Waals surface area contributed by atoms with Gasteiger partial charge in [0.2, 0.25) is 0 Å². The first-order valence-electron chi connectivity index (χ1n) is 9.23. The van der Waals surface area contributed by atoms with Gasteiger partial charge < -0.3 is 4.90 Å². The molecule has 0 amide bonds. The topological polar surface area (TPSA) is 52.8 Å². The van der Waals surface area contributed by atoms with Crippen LogP contribution in [0.3, 0.4) is 0 Å². The maximum Gasteiger partial charge on any atom is 0.0992 e. The summed E-state index contributed by atoms with van der Waals surface area (Å²) in [5.74, 6) is 0.491. The van der Waals surface area contributed by atoms with Crippen molar-refractivity contribution in [3.63, 3.8) is 0 Å². The van der Waals surface area contributed by atoms with E-state index < -0.39 is 0 Å². The molecule has 4 rings (SSSR count). The molecule has 4 nitrogen and oxygen atoms in total. The monoisotopic (exact) mass is 376 g/mol. The van der Waals surface area contributed by atoms with Crippen LogP contribution in [0.4, 0.5) is 0 Å². The molecule has 0 radical (unpaired) electrons. The second kappa shape index (κ2) is 7.26. The minimum atomic E-state index is 0.491. The fraction of sp³-hybridized carbons (Fsp3) is 0.318. The number of rotatable bonds is 2. The van der Waals surface area contributed by atoms with Gasteiger partial charge in [-0.05, 0) is 68.6 Å². The van der Waals surface area contributed by atoms with Crippen LogP contribution in [0.2, 0.25) is 5.02 Å². The van der Waals surface area contributed by atoms with Crippen LogP contribution in [-0.2, 0) is 0 Å². The zero-order valence-electron chi connectivity index (χ0n) is 15.5. The number of aryl methyl sites for hydroxylation is 1. The molecule has 2 heterocycles. The van der Waals surface area contributed by atoms with E-state index in [2.05, 4.69) is 53.3 Å². The quantitative estimate of drug-likeness (QED) is 0.635.